The molecular weight excluding hydrogens is 354 g/mol. The van der Waals surface area contributed by atoms with E-state index in [2.05, 4.69) is 13.4 Å². The third-order valence-electron chi connectivity index (χ3n) is 2.20. The van der Waals surface area contributed by atoms with Crippen LogP contribution in [0, 0.1) is 0 Å². The molecule has 10 heteroatoms. The maximum atomic E-state index is 11.7. The topological polar surface area (TPSA) is 102 Å². The second-order valence-corrected chi connectivity index (χ2v) is 7.30. The van der Waals surface area contributed by atoms with Gasteiger partial charge in [-0.1, -0.05) is 29.8 Å². The Bertz CT molecular complexity index is 720. The molecular formula is C12H11ClO7P2. The summed E-state index contributed by atoms with van der Waals surface area (Å²) >= 11 is 5.66. The van der Waals surface area contributed by atoms with Crippen molar-refractivity contribution < 1.29 is 32.3 Å². The molecule has 0 saturated heterocycles. The van der Waals surface area contributed by atoms with Gasteiger partial charge in [0.05, 0.1) is 0 Å². The second kappa shape index (κ2) is 6.84. The summed E-state index contributed by atoms with van der Waals surface area (Å²) < 4.78 is 37.0. The predicted molar refractivity (Wildman–Crippen MR) is 79.9 cm³/mol. The van der Waals surface area contributed by atoms with Crippen molar-refractivity contribution in [1.82, 2.24) is 0 Å². The first-order valence-corrected chi connectivity index (χ1v) is 9.19. The van der Waals surface area contributed by atoms with Gasteiger partial charge in [-0.3, -0.25) is 9.79 Å². The summed E-state index contributed by atoms with van der Waals surface area (Å²) in [6, 6.07) is 13.0. The molecule has 2 atom stereocenters. The molecule has 0 radical (unpaired) electrons. The minimum atomic E-state index is -4.87. The molecule has 2 unspecified atom stereocenters. The monoisotopic (exact) mass is 364 g/mol. The van der Waals surface area contributed by atoms with Crippen LogP contribution in [0.1, 0.15) is 0 Å². The van der Waals surface area contributed by atoms with Crippen molar-refractivity contribution in [2.24, 2.45) is 0 Å². The highest BCUT2D eigenvalue weighted by atomic mass is 35.5. The van der Waals surface area contributed by atoms with Crippen molar-refractivity contribution >= 4 is 27.2 Å². The fraction of sp³-hybridized carbons (Fsp3) is 0. The number of hydrogen-bond acceptors (Lipinski definition) is 5. The summed E-state index contributed by atoms with van der Waals surface area (Å²) in [5, 5.41) is 0.390. The molecule has 0 bridgehead atoms. The minimum absolute atomic E-state index is 0.000161. The SMILES string of the molecule is O=P(O)(Oc1ccccc1)OP(=O)(O)Oc1ccc(Cl)cc1. The molecule has 2 aromatic rings. The van der Waals surface area contributed by atoms with Gasteiger partial charge in [-0.15, -0.1) is 0 Å². The number of rotatable bonds is 6. The zero-order chi connectivity index (χ0) is 16.2. The van der Waals surface area contributed by atoms with Gasteiger partial charge in [-0.2, -0.15) is 4.31 Å². The van der Waals surface area contributed by atoms with E-state index in [0.29, 0.717) is 5.02 Å². The highest BCUT2D eigenvalue weighted by molar-refractivity contribution is 7.61. The molecule has 118 valence electrons. The fourth-order valence-corrected chi connectivity index (χ4v) is 3.62. The first-order valence-electron chi connectivity index (χ1n) is 5.82. The number of phosphoric acid groups is 2. The summed E-state index contributed by atoms with van der Waals surface area (Å²) in [4.78, 5) is 19.0. The van der Waals surface area contributed by atoms with Crippen LogP contribution < -0.4 is 9.05 Å². The highest BCUT2D eigenvalue weighted by Gasteiger charge is 2.37. The van der Waals surface area contributed by atoms with Crippen LogP contribution in [0.3, 0.4) is 0 Å². The number of hydrogen-bond donors (Lipinski definition) is 2. The standard InChI is InChI=1S/C12H11ClO7P2/c13-10-6-8-12(9-7-10)19-22(16,17)20-21(14,15)18-11-4-2-1-3-5-11/h1-9H,(H,14,15)(H,16,17). The van der Waals surface area contributed by atoms with Gasteiger partial charge >= 0.3 is 15.6 Å². The molecule has 7 nitrogen and oxygen atoms in total. The van der Waals surface area contributed by atoms with Gasteiger partial charge in [0.25, 0.3) is 0 Å². The molecule has 2 N–H and O–H groups in total. The van der Waals surface area contributed by atoms with E-state index in [-0.39, 0.29) is 11.5 Å². The molecule has 0 saturated carbocycles. The summed E-state index contributed by atoms with van der Waals surface area (Å²) in [6.07, 6.45) is 0. The van der Waals surface area contributed by atoms with Crippen molar-refractivity contribution in [3.8, 4) is 11.5 Å². The van der Waals surface area contributed by atoms with E-state index in [1.165, 1.54) is 36.4 Å². The Morgan fingerprint density at radius 2 is 1.23 bits per heavy atom. The number of para-hydroxylation sites is 1. The molecule has 0 amide bonds. The Morgan fingerprint density at radius 3 is 1.73 bits per heavy atom. The van der Waals surface area contributed by atoms with Crippen LogP contribution in [-0.2, 0) is 13.4 Å². The van der Waals surface area contributed by atoms with Crippen LogP contribution in [0.25, 0.3) is 0 Å². The number of benzene rings is 2. The van der Waals surface area contributed by atoms with Crippen LogP contribution in [0.5, 0.6) is 11.5 Å². The second-order valence-electron chi connectivity index (χ2n) is 3.97. The molecule has 0 aliphatic heterocycles. The van der Waals surface area contributed by atoms with Crippen LogP contribution in [-0.4, -0.2) is 9.79 Å². The quantitative estimate of drug-likeness (QED) is 0.746. The molecule has 0 aliphatic carbocycles. The van der Waals surface area contributed by atoms with Gasteiger partial charge in [0, 0.05) is 5.02 Å². The Balaban J connectivity index is 2.05. The Morgan fingerprint density at radius 1 is 0.773 bits per heavy atom. The molecule has 2 aromatic carbocycles. The lowest BCUT2D eigenvalue weighted by Crippen LogP contribution is -2.00. The largest absolute Gasteiger partial charge is 0.537 e. The van der Waals surface area contributed by atoms with Crippen molar-refractivity contribution in [1.29, 1.82) is 0 Å². The lowest BCUT2D eigenvalue weighted by Gasteiger charge is -2.16. The predicted octanol–water partition coefficient (Wildman–Crippen LogP) is 4.02. The van der Waals surface area contributed by atoms with Crippen LogP contribution in [0.15, 0.2) is 54.6 Å². The maximum absolute atomic E-state index is 11.7. The van der Waals surface area contributed by atoms with Crippen LogP contribution >= 0.6 is 27.2 Å². The van der Waals surface area contributed by atoms with Crippen molar-refractivity contribution in [2.75, 3.05) is 0 Å². The molecule has 0 spiro atoms. The zero-order valence-electron chi connectivity index (χ0n) is 10.9. The van der Waals surface area contributed by atoms with Crippen molar-refractivity contribution in [3.05, 3.63) is 59.6 Å². The van der Waals surface area contributed by atoms with Gasteiger partial charge in [0.2, 0.25) is 0 Å². The van der Waals surface area contributed by atoms with E-state index < -0.39 is 15.6 Å². The van der Waals surface area contributed by atoms with E-state index in [1.807, 2.05) is 0 Å². The van der Waals surface area contributed by atoms with Gasteiger partial charge in [0.15, 0.2) is 0 Å². The molecule has 2 rings (SSSR count). The first kappa shape index (κ1) is 17.0. The lowest BCUT2D eigenvalue weighted by molar-refractivity contribution is 0.234. The highest BCUT2D eigenvalue weighted by Crippen LogP contribution is 2.59. The lowest BCUT2D eigenvalue weighted by atomic mass is 10.3. The van der Waals surface area contributed by atoms with E-state index in [1.54, 1.807) is 18.2 Å². The average Bonchev–Trinajstić information content (AvgIpc) is 2.40. The number of phosphoric ester groups is 2. The van der Waals surface area contributed by atoms with Gasteiger partial charge in [-0.25, -0.2) is 9.13 Å². The van der Waals surface area contributed by atoms with E-state index >= 15 is 0 Å². The summed E-state index contributed by atoms with van der Waals surface area (Å²) in [6.45, 7) is 0. The third kappa shape index (κ3) is 5.46. The Hall–Kier alpha value is -1.33. The molecule has 0 aliphatic rings. The average molecular weight is 365 g/mol. The Kier molecular flexibility index (Phi) is 5.29. The summed E-state index contributed by atoms with van der Waals surface area (Å²) in [7, 11) is -9.72. The van der Waals surface area contributed by atoms with Crippen LogP contribution in [0.2, 0.25) is 5.02 Å². The first-order chi connectivity index (χ1) is 10.3. The van der Waals surface area contributed by atoms with Crippen molar-refractivity contribution in [2.45, 2.75) is 0 Å². The number of halogens is 1. The van der Waals surface area contributed by atoms with Gasteiger partial charge in [0.1, 0.15) is 11.5 Å². The van der Waals surface area contributed by atoms with Crippen LogP contribution in [0.4, 0.5) is 0 Å². The minimum Gasteiger partial charge on any atom is -0.404 e. The van der Waals surface area contributed by atoms with Gasteiger partial charge in [-0.05, 0) is 36.4 Å². The van der Waals surface area contributed by atoms with E-state index in [4.69, 9.17) is 11.6 Å². The molecule has 22 heavy (non-hydrogen) atoms. The maximum Gasteiger partial charge on any atom is 0.537 e. The fourth-order valence-electron chi connectivity index (χ4n) is 1.41. The molecule has 0 fully saturated rings. The smallest absolute Gasteiger partial charge is 0.404 e. The molecule has 0 heterocycles. The molecule has 0 aromatic heterocycles. The van der Waals surface area contributed by atoms with E-state index in [0.717, 1.165) is 0 Å². The third-order valence-corrected chi connectivity index (χ3v) is 4.99. The van der Waals surface area contributed by atoms with E-state index in [9.17, 15) is 18.9 Å². The Labute approximate surface area is 131 Å². The summed E-state index contributed by atoms with van der Waals surface area (Å²) in [5.74, 6) is -0.0604. The van der Waals surface area contributed by atoms with Crippen molar-refractivity contribution in [3.63, 3.8) is 0 Å². The zero-order valence-corrected chi connectivity index (χ0v) is 13.4. The van der Waals surface area contributed by atoms with Gasteiger partial charge < -0.3 is 9.05 Å². The normalized spacial score (nSPS) is 16.3. The summed E-state index contributed by atoms with van der Waals surface area (Å²) in [5.41, 5.74) is 0.